The van der Waals surface area contributed by atoms with Crippen LogP contribution in [0.1, 0.15) is 22.3 Å². The fourth-order valence-electron chi connectivity index (χ4n) is 9.33. The molecule has 0 radical (unpaired) electrons. The summed E-state index contributed by atoms with van der Waals surface area (Å²) in [7, 11) is 0. The molecule has 252 valence electrons. The molecule has 1 aliphatic carbocycles. The first-order valence-corrected chi connectivity index (χ1v) is 18.7. The van der Waals surface area contributed by atoms with Crippen LogP contribution in [-0.4, -0.2) is 0 Å². The molecular formula is C53H34O. The van der Waals surface area contributed by atoms with E-state index in [1.807, 2.05) is 0 Å². The number of hydrogen-bond donors (Lipinski definition) is 0. The van der Waals surface area contributed by atoms with Crippen LogP contribution in [0.4, 0.5) is 0 Å². The third-order valence-electron chi connectivity index (χ3n) is 11.5. The van der Waals surface area contributed by atoms with Gasteiger partial charge in [0.25, 0.3) is 0 Å². The molecule has 1 aliphatic rings. The monoisotopic (exact) mass is 686 g/mol. The van der Waals surface area contributed by atoms with Crippen molar-refractivity contribution in [3.8, 4) is 44.7 Å². The van der Waals surface area contributed by atoms with Crippen LogP contribution in [0.3, 0.4) is 0 Å². The lowest BCUT2D eigenvalue weighted by Crippen LogP contribution is -2.28. The average molecular weight is 687 g/mol. The molecule has 0 saturated heterocycles. The highest BCUT2D eigenvalue weighted by atomic mass is 16.3. The molecular weight excluding hydrogens is 653 g/mol. The van der Waals surface area contributed by atoms with Crippen molar-refractivity contribution in [2.45, 2.75) is 5.41 Å². The minimum Gasteiger partial charge on any atom is -0.456 e. The van der Waals surface area contributed by atoms with Gasteiger partial charge in [0, 0.05) is 16.5 Å². The summed E-state index contributed by atoms with van der Waals surface area (Å²) in [5, 5.41) is 6.11. The molecule has 0 atom stereocenters. The van der Waals surface area contributed by atoms with Gasteiger partial charge in [-0.2, -0.15) is 0 Å². The zero-order chi connectivity index (χ0) is 35.6. The standard InChI is InChI=1S/C53H34O/c1-4-17-35(18-5-1)36-19-16-20-37(33-36)49-41-25-10-12-27-43(41)50(44-28-13-11-26-42(44)49)38-31-32-45-47(34-38)53(39-21-6-2-7-22-39,40-23-8-3-9-24-40)51-46-29-14-15-30-48(46)54-52(45)51/h1-34H. The predicted octanol–water partition coefficient (Wildman–Crippen LogP) is 14.1. The van der Waals surface area contributed by atoms with Gasteiger partial charge in [0.15, 0.2) is 0 Å². The Balaban J connectivity index is 1.22. The summed E-state index contributed by atoms with van der Waals surface area (Å²) in [6, 6.07) is 75.1. The van der Waals surface area contributed by atoms with E-state index in [0.29, 0.717) is 0 Å². The number of rotatable bonds is 5. The summed E-state index contributed by atoms with van der Waals surface area (Å²) >= 11 is 0. The van der Waals surface area contributed by atoms with E-state index in [2.05, 4.69) is 206 Å². The third kappa shape index (κ3) is 4.39. The lowest BCUT2D eigenvalue weighted by atomic mass is 9.67. The van der Waals surface area contributed by atoms with Crippen LogP contribution in [0.25, 0.3) is 77.2 Å². The lowest BCUT2D eigenvalue weighted by molar-refractivity contribution is 0.628. The van der Waals surface area contributed by atoms with Crippen molar-refractivity contribution in [2.24, 2.45) is 0 Å². The molecule has 10 aromatic rings. The second-order valence-corrected chi connectivity index (χ2v) is 14.3. The molecule has 1 heteroatoms. The normalized spacial score (nSPS) is 13.0. The highest BCUT2D eigenvalue weighted by Crippen LogP contribution is 2.60. The summed E-state index contributed by atoms with van der Waals surface area (Å²) < 4.78 is 6.83. The first-order valence-electron chi connectivity index (χ1n) is 18.7. The molecule has 1 nitrogen and oxygen atoms in total. The van der Waals surface area contributed by atoms with Crippen molar-refractivity contribution in [1.82, 2.24) is 0 Å². The van der Waals surface area contributed by atoms with E-state index < -0.39 is 5.41 Å². The minimum absolute atomic E-state index is 0.584. The Hall–Kier alpha value is -6.96. The van der Waals surface area contributed by atoms with Crippen molar-refractivity contribution >= 4 is 32.5 Å². The summed E-state index contributed by atoms with van der Waals surface area (Å²) in [6.45, 7) is 0. The molecule has 0 spiro atoms. The number of para-hydroxylation sites is 1. The van der Waals surface area contributed by atoms with Crippen LogP contribution in [0.2, 0.25) is 0 Å². The second-order valence-electron chi connectivity index (χ2n) is 14.3. The first-order chi connectivity index (χ1) is 26.8. The zero-order valence-electron chi connectivity index (χ0n) is 29.5. The van der Waals surface area contributed by atoms with E-state index in [1.54, 1.807) is 0 Å². The molecule has 0 aliphatic heterocycles. The fourth-order valence-corrected chi connectivity index (χ4v) is 9.33. The Labute approximate surface area is 314 Å². The van der Waals surface area contributed by atoms with E-state index in [-0.39, 0.29) is 0 Å². The fraction of sp³-hybridized carbons (Fsp3) is 0.0189. The molecule has 54 heavy (non-hydrogen) atoms. The predicted molar refractivity (Wildman–Crippen MR) is 225 cm³/mol. The van der Waals surface area contributed by atoms with Crippen molar-refractivity contribution in [1.29, 1.82) is 0 Å². The molecule has 1 aromatic heterocycles. The molecule has 9 aromatic carbocycles. The molecule has 0 unspecified atom stereocenters. The largest absolute Gasteiger partial charge is 0.456 e. The minimum atomic E-state index is -0.584. The Bertz CT molecular complexity index is 2930. The summed E-state index contributed by atoms with van der Waals surface area (Å²) in [4.78, 5) is 0. The topological polar surface area (TPSA) is 13.1 Å². The Morgan fingerprint density at radius 2 is 0.796 bits per heavy atom. The van der Waals surface area contributed by atoms with Crippen LogP contribution < -0.4 is 0 Å². The smallest absolute Gasteiger partial charge is 0.140 e. The molecule has 0 bridgehead atoms. The highest BCUT2D eigenvalue weighted by molar-refractivity contribution is 6.21. The van der Waals surface area contributed by atoms with E-state index in [1.165, 1.54) is 77.2 Å². The summed E-state index contributed by atoms with van der Waals surface area (Å²) in [5.41, 5.74) is 13.7. The van der Waals surface area contributed by atoms with Crippen LogP contribution in [-0.2, 0) is 5.41 Å². The molecule has 0 fully saturated rings. The van der Waals surface area contributed by atoms with E-state index in [4.69, 9.17) is 4.42 Å². The van der Waals surface area contributed by atoms with Gasteiger partial charge in [-0.25, -0.2) is 0 Å². The van der Waals surface area contributed by atoms with Crippen molar-refractivity contribution in [3.63, 3.8) is 0 Å². The highest BCUT2D eigenvalue weighted by Gasteiger charge is 2.49. The van der Waals surface area contributed by atoms with Gasteiger partial charge in [-0.05, 0) is 89.8 Å². The molecule has 0 N–H and O–H groups in total. The maximum atomic E-state index is 6.83. The van der Waals surface area contributed by atoms with Crippen LogP contribution >= 0.6 is 0 Å². The van der Waals surface area contributed by atoms with Gasteiger partial charge < -0.3 is 4.42 Å². The number of hydrogen-bond acceptors (Lipinski definition) is 1. The van der Waals surface area contributed by atoms with Crippen LogP contribution in [0.5, 0.6) is 0 Å². The van der Waals surface area contributed by atoms with Crippen LogP contribution in [0, 0.1) is 0 Å². The van der Waals surface area contributed by atoms with Crippen LogP contribution in [0.15, 0.2) is 211 Å². The molecule has 0 amide bonds. The Morgan fingerprint density at radius 1 is 0.333 bits per heavy atom. The Morgan fingerprint density at radius 3 is 1.39 bits per heavy atom. The number of furan rings is 1. The van der Waals surface area contributed by atoms with Gasteiger partial charge in [-0.3, -0.25) is 0 Å². The van der Waals surface area contributed by atoms with Gasteiger partial charge >= 0.3 is 0 Å². The quantitative estimate of drug-likeness (QED) is 0.164. The lowest BCUT2D eigenvalue weighted by Gasteiger charge is -2.33. The van der Waals surface area contributed by atoms with Gasteiger partial charge in [0.2, 0.25) is 0 Å². The molecule has 1 heterocycles. The van der Waals surface area contributed by atoms with Gasteiger partial charge in [-0.15, -0.1) is 0 Å². The maximum Gasteiger partial charge on any atom is 0.140 e. The molecule has 11 rings (SSSR count). The van der Waals surface area contributed by atoms with Gasteiger partial charge in [0.1, 0.15) is 11.3 Å². The third-order valence-corrected chi connectivity index (χ3v) is 11.5. The number of benzene rings is 9. The average Bonchev–Trinajstić information content (AvgIpc) is 3.77. The zero-order valence-corrected chi connectivity index (χ0v) is 29.5. The number of fused-ring (bicyclic) bond motifs is 7. The van der Waals surface area contributed by atoms with E-state index >= 15 is 0 Å². The maximum absolute atomic E-state index is 6.83. The first kappa shape index (κ1) is 30.6. The Kier molecular flexibility index (Phi) is 6.84. The summed E-state index contributed by atoms with van der Waals surface area (Å²) in [5.74, 6) is 0.953. The summed E-state index contributed by atoms with van der Waals surface area (Å²) in [6.07, 6.45) is 0. The van der Waals surface area contributed by atoms with Gasteiger partial charge in [0.05, 0.1) is 5.41 Å². The second kappa shape index (κ2) is 12.0. The van der Waals surface area contributed by atoms with Crippen molar-refractivity contribution in [2.75, 3.05) is 0 Å². The van der Waals surface area contributed by atoms with E-state index in [0.717, 1.165) is 22.3 Å². The van der Waals surface area contributed by atoms with Crippen molar-refractivity contribution < 1.29 is 4.42 Å². The SMILES string of the molecule is c1ccc(-c2cccc(-c3c4ccccc4c(-c4ccc5c(c4)C(c4ccccc4)(c4ccccc4)c4c-5oc5ccccc45)c4ccccc34)c2)cc1. The van der Waals surface area contributed by atoms with Gasteiger partial charge in [-0.1, -0.05) is 188 Å². The van der Waals surface area contributed by atoms with Crippen molar-refractivity contribution in [3.05, 3.63) is 229 Å². The molecule has 0 saturated carbocycles. The van der Waals surface area contributed by atoms with E-state index in [9.17, 15) is 0 Å².